The summed E-state index contributed by atoms with van der Waals surface area (Å²) in [6.07, 6.45) is 6.99. The van der Waals surface area contributed by atoms with Crippen LogP contribution in [0.2, 0.25) is 0 Å². The number of hydrogen-bond acceptors (Lipinski definition) is 3. The van der Waals surface area contributed by atoms with Crippen LogP contribution in [0.25, 0.3) is 26.8 Å². The molecule has 0 fully saturated rings. The molecule has 0 amide bonds. The minimum absolute atomic E-state index is 0.233. The van der Waals surface area contributed by atoms with Crippen LogP contribution < -0.4 is 5.32 Å². The predicted octanol–water partition coefficient (Wildman–Crippen LogP) is 8.00. The van der Waals surface area contributed by atoms with Gasteiger partial charge in [-0.05, 0) is 64.6 Å². The highest BCUT2D eigenvalue weighted by atomic mass is 32.1. The van der Waals surface area contributed by atoms with Gasteiger partial charge in [0.15, 0.2) is 5.78 Å². The SMILES string of the molecule is O=C1CC2=C(C=CCC2)c2ccc3cccc(Nc4ccc(-c5cccs5)cc4)c3c21. The Kier molecular flexibility index (Phi) is 4.36. The van der Waals surface area contributed by atoms with Crippen LogP contribution in [0.4, 0.5) is 11.4 Å². The van der Waals surface area contributed by atoms with E-state index in [1.165, 1.54) is 21.6 Å². The molecule has 0 radical (unpaired) electrons. The number of Topliss-reactive ketones (excluding diaryl/α,β-unsaturated/α-hetero) is 1. The van der Waals surface area contributed by atoms with Crippen molar-refractivity contribution < 1.29 is 4.79 Å². The highest BCUT2D eigenvalue weighted by molar-refractivity contribution is 7.13. The first-order valence-electron chi connectivity index (χ1n) is 10.7. The van der Waals surface area contributed by atoms with Gasteiger partial charge in [0.1, 0.15) is 0 Å². The quantitative estimate of drug-likeness (QED) is 0.364. The number of thiophene rings is 1. The van der Waals surface area contributed by atoms with Crippen LogP contribution in [0.1, 0.15) is 35.2 Å². The van der Waals surface area contributed by atoms with Crippen molar-refractivity contribution in [1.29, 1.82) is 0 Å². The predicted molar refractivity (Wildman–Crippen MR) is 131 cm³/mol. The molecule has 0 spiro atoms. The van der Waals surface area contributed by atoms with Crippen LogP contribution in [0.5, 0.6) is 0 Å². The summed E-state index contributed by atoms with van der Waals surface area (Å²) in [5.74, 6) is 0.233. The molecule has 150 valence electrons. The third kappa shape index (κ3) is 3.13. The zero-order valence-electron chi connectivity index (χ0n) is 17.0. The molecule has 1 N–H and O–H groups in total. The summed E-state index contributed by atoms with van der Waals surface area (Å²) < 4.78 is 0. The molecule has 3 aromatic carbocycles. The molecule has 1 aromatic heterocycles. The summed E-state index contributed by atoms with van der Waals surface area (Å²) in [6, 6.07) is 23.2. The van der Waals surface area contributed by atoms with Crippen LogP contribution in [0.15, 0.2) is 89.8 Å². The summed E-state index contributed by atoms with van der Waals surface area (Å²) in [7, 11) is 0. The Bertz CT molecular complexity index is 1370. The number of anilines is 2. The average molecular weight is 420 g/mol. The zero-order valence-corrected chi connectivity index (χ0v) is 17.8. The van der Waals surface area contributed by atoms with E-state index in [-0.39, 0.29) is 5.78 Å². The second kappa shape index (κ2) is 7.36. The topological polar surface area (TPSA) is 29.1 Å². The minimum Gasteiger partial charge on any atom is -0.355 e. The monoisotopic (exact) mass is 419 g/mol. The van der Waals surface area contributed by atoms with E-state index in [1.54, 1.807) is 11.3 Å². The number of allylic oxidation sites excluding steroid dienone is 4. The van der Waals surface area contributed by atoms with Crippen molar-refractivity contribution >= 4 is 44.8 Å². The van der Waals surface area contributed by atoms with Gasteiger partial charge < -0.3 is 5.32 Å². The number of hydrogen-bond donors (Lipinski definition) is 1. The summed E-state index contributed by atoms with van der Waals surface area (Å²) in [5.41, 5.74) is 7.70. The number of ketones is 1. The molecule has 2 aliphatic carbocycles. The van der Waals surface area contributed by atoms with Gasteiger partial charge in [0.2, 0.25) is 0 Å². The summed E-state index contributed by atoms with van der Waals surface area (Å²) in [6.45, 7) is 0. The molecule has 31 heavy (non-hydrogen) atoms. The maximum Gasteiger partial charge on any atom is 0.168 e. The molecule has 0 saturated heterocycles. The van der Waals surface area contributed by atoms with Crippen LogP contribution >= 0.6 is 11.3 Å². The molecule has 3 heteroatoms. The van der Waals surface area contributed by atoms with E-state index >= 15 is 0 Å². The Morgan fingerprint density at radius 1 is 0.903 bits per heavy atom. The van der Waals surface area contributed by atoms with E-state index in [0.717, 1.165) is 46.1 Å². The largest absolute Gasteiger partial charge is 0.355 e. The standard InChI is InChI=1S/C28H21NOS/c30-25-17-20-5-1-2-7-22(20)23-15-12-19-6-3-8-24(27(19)28(23)25)29-21-13-10-18(11-14-21)26-9-4-16-31-26/h2-4,6-16,29H,1,5,17H2. The maximum absolute atomic E-state index is 13.3. The van der Waals surface area contributed by atoms with E-state index in [1.807, 2.05) is 0 Å². The first-order valence-corrected chi connectivity index (χ1v) is 11.5. The molecule has 0 aliphatic heterocycles. The molecule has 2 aliphatic rings. The van der Waals surface area contributed by atoms with Crippen LogP contribution in [0.3, 0.4) is 0 Å². The third-order valence-corrected chi connectivity index (χ3v) is 7.16. The number of fused-ring (bicyclic) bond motifs is 4. The van der Waals surface area contributed by atoms with Gasteiger partial charge in [-0.25, -0.2) is 0 Å². The fraction of sp³-hybridized carbons (Fsp3) is 0.107. The summed E-state index contributed by atoms with van der Waals surface area (Å²) in [5, 5.41) is 7.80. The molecule has 0 saturated carbocycles. The first kappa shape index (κ1) is 18.3. The lowest BCUT2D eigenvalue weighted by molar-refractivity contribution is 0.0992. The van der Waals surface area contributed by atoms with Crippen molar-refractivity contribution in [2.45, 2.75) is 19.3 Å². The van der Waals surface area contributed by atoms with Gasteiger partial charge >= 0.3 is 0 Å². The fourth-order valence-electron chi connectivity index (χ4n) is 4.77. The number of benzene rings is 3. The zero-order chi connectivity index (χ0) is 20.8. The lowest BCUT2D eigenvalue weighted by atomic mass is 9.78. The minimum atomic E-state index is 0.233. The average Bonchev–Trinajstić information content (AvgIpc) is 3.34. The van der Waals surface area contributed by atoms with Crippen molar-refractivity contribution in [3.8, 4) is 10.4 Å². The highest BCUT2D eigenvalue weighted by Crippen LogP contribution is 2.42. The normalized spacial score (nSPS) is 15.2. The number of carbonyl (C=O) groups is 1. The molecule has 0 unspecified atom stereocenters. The lowest BCUT2D eigenvalue weighted by Gasteiger charge is -2.25. The molecule has 6 rings (SSSR count). The Morgan fingerprint density at radius 3 is 2.65 bits per heavy atom. The second-order valence-corrected chi connectivity index (χ2v) is 9.08. The molecular weight excluding hydrogens is 398 g/mol. The maximum atomic E-state index is 13.3. The van der Waals surface area contributed by atoms with Gasteiger partial charge in [-0.3, -0.25) is 4.79 Å². The van der Waals surface area contributed by atoms with Crippen molar-refractivity contribution in [3.05, 3.63) is 101 Å². The summed E-state index contributed by atoms with van der Waals surface area (Å²) in [4.78, 5) is 14.5. The Labute approximate surface area is 185 Å². The Morgan fingerprint density at radius 2 is 1.81 bits per heavy atom. The highest BCUT2D eigenvalue weighted by Gasteiger charge is 2.27. The van der Waals surface area contributed by atoms with E-state index in [9.17, 15) is 4.79 Å². The van der Waals surface area contributed by atoms with Gasteiger partial charge in [0, 0.05) is 33.6 Å². The van der Waals surface area contributed by atoms with Crippen LogP contribution in [0, 0.1) is 0 Å². The second-order valence-electron chi connectivity index (χ2n) is 8.13. The van der Waals surface area contributed by atoms with Crippen molar-refractivity contribution in [2.24, 2.45) is 0 Å². The lowest BCUT2D eigenvalue weighted by Crippen LogP contribution is -2.14. The van der Waals surface area contributed by atoms with Crippen molar-refractivity contribution in [2.75, 3.05) is 5.32 Å². The van der Waals surface area contributed by atoms with Crippen LogP contribution in [-0.2, 0) is 0 Å². The van der Waals surface area contributed by atoms with Crippen molar-refractivity contribution in [1.82, 2.24) is 0 Å². The molecular formula is C28H21NOS. The smallest absolute Gasteiger partial charge is 0.168 e. The number of nitrogens with one attached hydrogen (secondary N) is 1. The molecule has 1 heterocycles. The first-order chi connectivity index (χ1) is 15.3. The van der Waals surface area contributed by atoms with Crippen molar-refractivity contribution in [3.63, 3.8) is 0 Å². The Hall–Kier alpha value is -3.43. The molecule has 4 aromatic rings. The number of rotatable bonds is 3. The Balaban J connectivity index is 1.45. The van der Waals surface area contributed by atoms with Gasteiger partial charge in [0.25, 0.3) is 0 Å². The molecule has 0 bridgehead atoms. The third-order valence-electron chi connectivity index (χ3n) is 6.24. The van der Waals surface area contributed by atoms with Crippen LogP contribution in [-0.4, -0.2) is 5.78 Å². The van der Waals surface area contributed by atoms with Gasteiger partial charge in [-0.2, -0.15) is 0 Å². The van der Waals surface area contributed by atoms with E-state index in [4.69, 9.17) is 0 Å². The van der Waals surface area contributed by atoms with E-state index in [0.29, 0.717) is 6.42 Å². The molecule has 2 nitrogen and oxygen atoms in total. The van der Waals surface area contributed by atoms with E-state index in [2.05, 4.69) is 89.6 Å². The van der Waals surface area contributed by atoms with E-state index < -0.39 is 0 Å². The van der Waals surface area contributed by atoms with Gasteiger partial charge in [-0.1, -0.05) is 60.2 Å². The molecule has 0 atom stereocenters. The number of carbonyl (C=O) groups excluding carboxylic acids is 1. The van der Waals surface area contributed by atoms with Gasteiger partial charge in [-0.15, -0.1) is 11.3 Å². The van der Waals surface area contributed by atoms with Gasteiger partial charge in [0.05, 0.1) is 0 Å². The fourth-order valence-corrected chi connectivity index (χ4v) is 5.50. The summed E-state index contributed by atoms with van der Waals surface area (Å²) >= 11 is 1.74.